The SMILES string of the molecule is COCc1ccc(O)c([C@@H](N)C(F)(F)F)c1. The van der Waals surface area contributed by atoms with Crippen molar-refractivity contribution in [1.82, 2.24) is 0 Å². The van der Waals surface area contributed by atoms with E-state index in [1.807, 2.05) is 0 Å². The highest BCUT2D eigenvalue weighted by atomic mass is 19.4. The van der Waals surface area contributed by atoms with Gasteiger partial charge in [-0.1, -0.05) is 6.07 Å². The zero-order valence-corrected chi connectivity index (χ0v) is 8.58. The van der Waals surface area contributed by atoms with E-state index in [2.05, 4.69) is 0 Å². The molecule has 0 saturated carbocycles. The molecule has 0 aliphatic heterocycles. The van der Waals surface area contributed by atoms with Crippen LogP contribution >= 0.6 is 0 Å². The molecule has 6 heteroatoms. The molecule has 0 unspecified atom stereocenters. The van der Waals surface area contributed by atoms with Crippen LogP contribution in [0.5, 0.6) is 5.75 Å². The molecule has 90 valence electrons. The highest BCUT2D eigenvalue weighted by Crippen LogP contribution is 2.35. The van der Waals surface area contributed by atoms with Gasteiger partial charge >= 0.3 is 6.18 Å². The maximum Gasteiger partial charge on any atom is 0.407 e. The normalized spacial score (nSPS) is 13.8. The monoisotopic (exact) mass is 235 g/mol. The zero-order valence-electron chi connectivity index (χ0n) is 8.58. The molecule has 0 radical (unpaired) electrons. The summed E-state index contributed by atoms with van der Waals surface area (Å²) in [4.78, 5) is 0. The molecule has 0 spiro atoms. The lowest BCUT2D eigenvalue weighted by molar-refractivity contribution is -0.149. The summed E-state index contributed by atoms with van der Waals surface area (Å²) in [6.07, 6.45) is -4.58. The van der Waals surface area contributed by atoms with E-state index in [1.165, 1.54) is 25.3 Å². The van der Waals surface area contributed by atoms with Gasteiger partial charge < -0.3 is 15.6 Å². The lowest BCUT2D eigenvalue weighted by Gasteiger charge is -2.17. The molecule has 16 heavy (non-hydrogen) atoms. The summed E-state index contributed by atoms with van der Waals surface area (Å²) in [6.45, 7) is 0.165. The van der Waals surface area contributed by atoms with E-state index in [4.69, 9.17) is 10.5 Å². The number of rotatable bonds is 3. The Hall–Kier alpha value is -1.27. The Morgan fingerprint density at radius 2 is 2.06 bits per heavy atom. The second-order valence-electron chi connectivity index (χ2n) is 3.35. The van der Waals surface area contributed by atoms with Crippen molar-refractivity contribution in [1.29, 1.82) is 0 Å². The number of ether oxygens (including phenoxy) is 1. The van der Waals surface area contributed by atoms with Crippen LogP contribution in [0, 0.1) is 0 Å². The van der Waals surface area contributed by atoms with Gasteiger partial charge in [-0.2, -0.15) is 13.2 Å². The number of hydrogen-bond acceptors (Lipinski definition) is 3. The Balaban J connectivity index is 3.07. The minimum Gasteiger partial charge on any atom is -0.508 e. The average molecular weight is 235 g/mol. The van der Waals surface area contributed by atoms with E-state index in [-0.39, 0.29) is 12.2 Å². The Morgan fingerprint density at radius 3 is 2.56 bits per heavy atom. The molecule has 0 aliphatic rings. The van der Waals surface area contributed by atoms with Crippen LogP contribution in [-0.2, 0) is 11.3 Å². The largest absolute Gasteiger partial charge is 0.508 e. The average Bonchev–Trinajstić information content (AvgIpc) is 2.19. The van der Waals surface area contributed by atoms with E-state index in [9.17, 15) is 18.3 Å². The molecule has 1 rings (SSSR count). The fourth-order valence-corrected chi connectivity index (χ4v) is 1.29. The standard InChI is InChI=1S/C10H12F3NO2/c1-16-5-6-2-3-8(15)7(4-6)9(14)10(11,12)13/h2-4,9,15H,5,14H2,1H3/t9-/m1/s1. The van der Waals surface area contributed by atoms with Gasteiger partial charge in [0.15, 0.2) is 0 Å². The van der Waals surface area contributed by atoms with Crippen molar-refractivity contribution in [3.8, 4) is 5.75 Å². The van der Waals surface area contributed by atoms with Gasteiger partial charge in [0.25, 0.3) is 0 Å². The molecule has 0 amide bonds. The lowest BCUT2D eigenvalue weighted by atomic mass is 10.0. The number of hydrogen-bond donors (Lipinski definition) is 2. The maximum atomic E-state index is 12.4. The minimum atomic E-state index is -4.58. The molecule has 0 fully saturated rings. The summed E-state index contributed by atoms with van der Waals surface area (Å²) in [5.74, 6) is -0.468. The fraction of sp³-hybridized carbons (Fsp3) is 0.400. The third-order valence-electron chi connectivity index (χ3n) is 2.09. The number of alkyl halides is 3. The number of nitrogens with two attached hydrogens (primary N) is 1. The Morgan fingerprint density at radius 1 is 1.44 bits per heavy atom. The van der Waals surface area contributed by atoms with Crippen LogP contribution in [0.1, 0.15) is 17.2 Å². The van der Waals surface area contributed by atoms with Crippen LogP contribution < -0.4 is 5.73 Å². The van der Waals surface area contributed by atoms with Crippen molar-refractivity contribution in [2.45, 2.75) is 18.8 Å². The zero-order chi connectivity index (χ0) is 12.3. The highest BCUT2D eigenvalue weighted by Gasteiger charge is 2.39. The first-order valence-electron chi connectivity index (χ1n) is 4.49. The third kappa shape index (κ3) is 2.86. The minimum absolute atomic E-state index is 0.165. The van der Waals surface area contributed by atoms with Crippen molar-refractivity contribution in [2.24, 2.45) is 5.73 Å². The Labute approximate surface area is 90.6 Å². The van der Waals surface area contributed by atoms with Crippen LogP contribution in [-0.4, -0.2) is 18.4 Å². The number of methoxy groups -OCH3 is 1. The van der Waals surface area contributed by atoms with Gasteiger partial charge in [-0.05, 0) is 17.7 Å². The van der Waals surface area contributed by atoms with Crippen LogP contribution in [0.4, 0.5) is 13.2 Å². The number of benzene rings is 1. The van der Waals surface area contributed by atoms with E-state index in [0.717, 1.165) is 0 Å². The highest BCUT2D eigenvalue weighted by molar-refractivity contribution is 5.38. The number of halogens is 3. The number of aromatic hydroxyl groups is 1. The summed E-state index contributed by atoms with van der Waals surface area (Å²) in [6, 6.07) is 1.65. The van der Waals surface area contributed by atoms with E-state index >= 15 is 0 Å². The first-order valence-corrected chi connectivity index (χ1v) is 4.49. The van der Waals surface area contributed by atoms with Gasteiger partial charge in [-0.3, -0.25) is 0 Å². The molecule has 0 saturated heterocycles. The van der Waals surface area contributed by atoms with Crippen molar-refractivity contribution in [3.05, 3.63) is 29.3 Å². The second-order valence-corrected chi connectivity index (χ2v) is 3.35. The molecule has 0 bridgehead atoms. The maximum absolute atomic E-state index is 12.4. The van der Waals surface area contributed by atoms with Gasteiger partial charge in [-0.15, -0.1) is 0 Å². The first kappa shape index (κ1) is 12.8. The lowest BCUT2D eigenvalue weighted by Crippen LogP contribution is -2.28. The summed E-state index contributed by atoms with van der Waals surface area (Å²) in [7, 11) is 1.43. The molecule has 1 atom stereocenters. The summed E-state index contributed by atoms with van der Waals surface area (Å²) >= 11 is 0. The summed E-state index contributed by atoms with van der Waals surface area (Å²) in [5.41, 5.74) is 5.19. The van der Waals surface area contributed by atoms with Crippen molar-refractivity contribution < 1.29 is 23.0 Å². The predicted molar refractivity (Wildman–Crippen MR) is 51.8 cm³/mol. The van der Waals surface area contributed by atoms with Crippen molar-refractivity contribution in [3.63, 3.8) is 0 Å². The number of phenolic OH excluding ortho intramolecular Hbond substituents is 1. The molecular weight excluding hydrogens is 223 g/mol. The quantitative estimate of drug-likeness (QED) is 0.843. The fourth-order valence-electron chi connectivity index (χ4n) is 1.29. The molecule has 1 aromatic carbocycles. The second kappa shape index (κ2) is 4.71. The molecule has 0 aliphatic carbocycles. The molecule has 3 nitrogen and oxygen atoms in total. The van der Waals surface area contributed by atoms with Gasteiger partial charge in [0, 0.05) is 12.7 Å². The van der Waals surface area contributed by atoms with Crippen molar-refractivity contribution >= 4 is 0 Å². The molecular formula is C10H12F3NO2. The van der Waals surface area contributed by atoms with Gasteiger partial charge in [0.2, 0.25) is 0 Å². The Kier molecular flexibility index (Phi) is 3.77. The van der Waals surface area contributed by atoms with Crippen LogP contribution in [0.3, 0.4) is 0 Å². The summed E-state index contributed by atoms with van der Waals surface area (Å²) < 4.78 is 41.9. The topological polar surface area (TPSA) is 55.5 Å². The van der Waals surface area contributed by atoms with Gasteiger partial charge in [0.05, 0.1) is 6.61 Å². The smallest absolute Gasteiger partial charge is 0.407 e. The van der Waals surface area contributed by atoms with Crippen molar-refractivity contribution in [2.75, 3.05) is 7.11 Å². The van der Waals surface area contributed by atoms with Crippen LogP contribution in [0.15, 0.2) is 18.2 Å². The van der Waals surface area contributed by atoms with Crippen LogP contribution in [0.25, 0.3) is 0 Å². The van der Waals surface area contributed by atoms with E-state index in [1.54, 1.807) is 0 Å². The Bertz CT molecular complexity index is 366. The van der Waals surface area contributed by atoms with Gasteiger partial charge in [0.1, 0.15) is 11.8 Å². The molecule has 0 heterocycles. The first-order chi connectivity index (χ1) is 7.36. The molecule has 1 aromatic rings. The van der Waals surface area contributed by atoms with Crippen LogP contribution in [0.2, 0.25) is 0 Å². The summed E-state index contributed by atoms with van der Waals surface area (Å²) in [5, 5.41) is 9.32. The number of phenols is 1. The molecule has 0 aromatic heterocycles. The van der Waals surface area contributed by atoms with Gasteiger partial charge in [-0.25, -0.2) is 0 Å². The predicted octanol–water partition coefficient (Wildman–Crippen LogP) is 2.10. The van der Waals surface area contributed by atoms with E-state index in [0.29, 0.717) is 5.56 Å². The molecule has 3 N–H and O–H groups in total. The van der Waals surface area contributed by atoms with E-state index < -0.39 is 18.0 Å². The third-order valence-corrected chi connectivity index (χ3v) is 2.09.